The van der Waals surface area contributed by atoms with Gasteiger partial charge < -0.3 is 29.2 Å². The molecule has 0 amide bonds. The molecule has 4 aromatic carbocycles. The lowest BCUT2D eigenvalue weighted by Gasteiger charge is -2.39. The van der Waals surface area contributed by atoms with E-state index >= 15 is 0 Å². The molecule has 2 N–H and O–H groups in total. The molecule has 4 aromatic rings. The summed E-state index contributed by atoms with van der Waals surface area (Å²) in [7, 11) is -7.42. The Hall–Kier alpha value is -3.78. The first-order chi connectivity index (χ1) is 27.4. The second-order valence-electron chi connectivity index (χ2n) is 15.4. The molecule has 0 bridgehead atoms. The first kappa shape index (κ1) is 42.8. The number of sulfone groups is 2. The van der Waals surface area contributed by atoms with Crippen molar-refractivity contribution in [2.75, 3.05) is 51.1 Å². The topological polar surface area (TPSA) is 146 Å². The molecule has 2 heterocycles. The van der Waals surface area contributed by atoms with Crippen molar-refractivity contribution in [1.82, 2.24) is 0 Å². The van der Waals surface area contributed by atoms with E-state index in [2.05, 4.69) is 6.92 Å². The highest BCUT2D eigenvalue weighted by Gasteiger charge is 2.49. The van der Waals surface area contributed by atoms with Crippen LogP contribution in [0.2, 0.25) is 0 Å². The molecule has 2 aliphatic rings. The number of rotatable bonds is 17. The molecule has 308 valence electrons. The van der Waals surface area contributed by atoms with Crippen LogP contribution in [0, 0.1) is 11.3 Å². The van der Waals surface area contributed by atoms with Crippen LogP contribution in [0.3, 0.4) is 0 Å². The van der Waals surface area contributed by atoms with Gasteiger partial charge in [0.2, 0.25) is 0 Å². The highest BCUT2D eigenvalue weighted by molar-refractivity contribution is 7.91. The third kappa shape index (κ3) is 9.75. The zero-order chi connectivity index (χ0) is 40.6. The Kier molecular flexibility index (Phi) is 14.2. The first-order valence-electron chi connectivity index (χ1n) is 20.0. The van der Waals surface area contributed by atoms with Crippen LogP contribution in [0.25, 0.3) is 0 Å². The van der Waals surface area contributed by atoms with Gasteiger partial charge >= 0.3 is 0 Å². The van der Waals surface area contributed by atoms with Gasteiger partial charge in [0.1, 0.15) is 24.7 Å². The Morgan fingerprint density at radius 1 is 0.649 bits per heavy atom. The summed E-state index contributed by atoms with van der Waals surface area (Å²) in [5, 5.41) is 23.2. The molecule has 2 aliphatic heterocycles. The predicted octanol–water partition coefficient (Wildman–Crippen LogP) is 6.96. The summed E-state index contributed by atoms with van der Waals surface area (Å²) < 4.78 is 78.0. The van der Waals surface area contributed by atoms with E-state index in [1.165, 1.54) is 0 Å². The molecule has 0 spiro atoms. The van der Waals surface area contributed by atoms with Gasteiger partial charge in [-0.2, -0.15) is 0 Å². The van der Waals surface area contributed by atoms with Crippen LogP contribution in [-0.2, 0) is 29.1 Å². The molecular formula is C45H56O10S2. The molecule has 6 atom stereocenters. The molecule has 0 radical (unpaired) electrons. The monoisotopic (exact) mass is 820 g/mol. The van der Waals surface area contributed by atoms with E-state index < -0.39 is 55.1 Å². The molecule has 0 unspecified atom stereocenters. The number of fused-ring (bicyclic) bond motifs is 2. The summed E-state index contributed by atoms with van der Waals surface area (Å²) in [5.74, 6) is -0.884. The van der Waals surface area contributed by atoms with Gasteiger partial charge in [-0.05, 0) is 65.3 Å². The van der Waals surface area contributed by atoms with Gasteiger partial charge in [0.05, 0.1) is 59.9 Å². The number of aliphatic hydroxyl groups is 2. The fraction of sp³-hybridized carbons (Fsp3) is 0.467. The van der Waals surface area contributed by atoms with Crippen LogP contribution in [0.1, 0.15) is 80.5 Å². The van der Waals surface area contributed by atoms with Crippen LogP contribution in [-0.4, -0.2) is 90.4 Å². The molecular weight excluding hydrogens is 765 g/mol. The summed E-state index contributed by atoms with van der Waals surface area (Å²) in [6, 6.07) is 29.3. The lowest BCUT2D eigenvalue weighted by Crippen LogP contribution is -2.42. The summed E-state index contributed by atoms with van der Waals surface area (Å²) in [6.45, 7) is 7.32. The summed E-state index contributed by atoms with van der Waals surface area (Å²) in [5.41, 5.74) is 2.11. The molecule has 0 fully saturated rings. The molecule has 0 aliphatic carbocycles. The number of benzene rings is 4. The molecule has 0 saturated carbocycles. The Morgan fingerprint density at radius 2 is 1.14 bits per heavy atom. The number of aliphatic hydroxyl groups excluding tert-OH is 2. The molecule has 0 saturated heterocycles. The van der Waals surface area contributed by atoms with Gasteiger partial charge in [-0.25, -0.2) is 16.8 Å². The third-order valence-electron chi connectivity index (χ3n) is 11.6. The smallest absolute Gasteiger partial charge is 0.179 e. The molecule has 12 heteroatoms. The zero-order valence-electron chi connectivity index (χ0n) is 33.1. The average Bonchev–Trinajstić information content (AvgIpc) is 3.33. The standard InChI is InChI=1S/C45H56O10S2/c1-4-6-21-45(5-2)31-57(50,51)40-29-36(18-20-38(40)42(44(45)47)34-15-11-8-12-16-34)55-27-25-53-23-22-52-24-26-54-35-17-19-37-39(28-35)56(48,49)30-32(3)43(46)41(37)33-13-9-7-10-14-33/h7-20,28-29,32,41-44,46-47H,4-6,21-27,30-31H2,1-3H3/t32-,41+,42-,43-,44+,45+/m0/s1. The minimum absolute atomic E-state index is 0.125. The van der Waals surface area contributed by atoms with Crippen LogP contribution >= 0.6 is 0 Å². The van der Waals surface area contributed by atoms with Crippen molar-refractivity contribution in [2.45, 2.75) is 80.3 Å². The van der Waals surface area contributed by atoms with Crippen molar-refractivity contribution in [3.63, 3.8) is 0 Å². The van der Waals surface area contributed by atoms with Crippen molar-refractivity contribution in [1.29, 1.82) is 0 Å². The van der Waals surface area contributed by atoms with Gasteiger partial charge in [-0.3, -0.25) is 0 Å². The highest BCUT2D eigenvalue weighted by atomic mass is 32.2. The minimum Gasteiger partial charge on any atom is -0.491 e. The van der Waals surface area contributed by atoms with Gasteiger partial charge in [0.15, 0.2) is 19.7 Å². The van der Waals surface area contributed by atoms with Crippen LogP contribution in [0.15, 0.2) is 107 Å². The molecule has 6 rings (SSSR count). The van der Waals surface area contributed by atoms with Crippen molar-refractivity contribution < 1.29 is 46.0 Å². The Labute approximate surface area is 338 Å². The second kappa shape index (κ2) is 18.9. The number of unbranched alkanes of at least 4 members (excludes halogenated alkanes) is 1. The van der Waals surface area contributed by atoms with Gasteiger partial charge in [-0.1, -0.05) is 106 Å². The van der Waals surface area contributed by atoms with E-state index in [1.54, 1.807) is 43.3 Å². The summed E-state index contributed by atoms with van der Waals surface area (Å²) in [6.07, 6.45) is 1.18. The molecule has 57 heavy (non-hydrogen) atoms. The SMILES string of the molecule is CCCC[C@]1(CC)CS(=O)(=O)c2cc(OCCOCCOCCOc3ccc4c(c3)S(=O)(=O)C[C@H](C)[C@H](O)[C@@H]4c3ccccc3)ccc2[C@H](c2ccccc2)[C@H]1O. The van der Waals surface area contributed by atoms with Crippen molar-refractivity contribution in [3.05, 3.63) is 119 Å². The lowest BCUT2D eigenvalue weighted by molar-refractivity contribution is 0.0174. The maximum absolute atomic E-state index is 14.0. The van der Waals surface area contributed by atoms with Crippen molar-refractivity contribution >= 4 is 19.7 Å². The normalized spacial score (nSPS) is 25.0. The fourth-order valence-electron chi connectivity index (χ4n) is 8.43. The highest BCUT2D eigenvalue weighted by Crippen LogP contribution is 2.49. The minimum atomic E-state index is -3.75. The van der Waals surface area contributed by atoms with Gasteiger partial charge in [0.25, 0.3) is 0 Å². The fourth-order valence-corrected chi connectivity index (χ4v) is 12.6. The van der Waals surface area contributed by atoms with Gasteiger partial charge in [-0.15, -0.1) is 0 Å². The van der Waals surface area contributed by atoms with E-state index in [-0.39, 0.29) is 47.7 Å². The number of ether oxygens (including phenoxy) is 4. The summed E-state index contributed by atoms with van der Waals surface area (Å²) >= 11 is 0. The second-order valence-corrected chi connectivity index (χ2v) is 19.3. The van der Waals surface area contributed by atoms with Crippen molar-refractivity contribution in [2.24, 2.45) is 11.3 Å². The van der Waals surface area contributed by atoms with Crippen molar-refractivity contribution in [3.8, 4) is 11.5 Å². The Bertz CT molecular complexity index is 2140. The number of hydrogen-bond acceptors (Lipinski definition) is 10. The molecule has 10 nitrogen and oxygen atoms in total. The van der Waals surface area contributed by atoms with Crippen LogP contribution in [0.5, 0.6) is 11.5 Å². The molecule has 0 aromatic heterocycles. The maximum Gasteiger partial charge on any atom is 0.179 e. The maximum atomic E-state index is 14.0. The Morgan fingerprint density at radius 3 is 1.67 bits per heavy atom. The summed E-state index contributed by atoms with van der Waals surface area (Å²) in [4.78, 5) is 0.381. The zero-order valence-corrected chi connectivity index (χ0v) is 34.7. The quantitative estimate of drug-likeness (QED) is 0.107. The Balaban J connectivity index is 0.993. The van der Waals surface area contributed by atoms with E-state index in [0.717, 1.165) is 24.0 Å². The first-order valence-corrected chi connectivity index (χ1v) is 23.3. The predicted molar refractivity (Wildman–Crippen MR) is 220 cm³/mol. The lowest BCUT2D eigenvalue weighted by atomic mass is 9.69. The average molecular weight is 821 g/mol. The largest absolute Gasteiger partial charge is 0.491 e. The van der Waals surface area contributed by atoms with E-state index in [4.69, 9.17) is 18.9 Å². The van der Waals surface area contributed by atoms with Crippen LogP contribution < -0.4 is 9.47 Å². The van der Waals surface area contributed by atoms with Gasteiger partial charge in [0, 0.05) is 17.3 Å². The van der Waals surface area contributed by atoms with E-state index in [1.807, 2.05) is 67.6 Å². The van der Waals surface area contributed by atoms with E-state index in [0.29, 0.717) is 48.7 Å². The number of hydrogen-bond donors (Lipinski definition) is 2. The van der Waals surface area contributed by atoms with E-state index in [9.17, 15) is 27.0 Å². The third-order valence-corrected chi connectivity index (χ3v) is 15.5. The van der Waals surface area contributed by atoms with Crippen LogP contribution in [0.4, 0.5) is 0 Å².